The smallest absolute Gasteiger partial charge is 0.308 e. The average Bonchev–Trinajstić information content (AvgIpc) is 2.53. The Morgan fingerprint density at radius 1 is 1.04 bits per heavy atom. The minimum Gasteiger partial charge on any atom is -0.481 e. The summed E-state index contributed by atoms with van der Waals surface area (Å²) in [5.41, 5.74) is 0.130. The van der Waals surface area contributed by atoms with Crippen LogP contribution in [0.15, 0.2) is 0 Å². The average molecular weight is 370 g/mol. The van der Waals surface area contributed by atoms with Crippen LogP contribution in [-0.2, 0) is 14.3 Å². The lowest BCUT2D eigenvalue weighted by Gasteiger charge is -2.54. The zero-order chi connectivity index (χ0) is 20.0. The van der Waals surface area contributed by atoms with Crippen molar-refractivity contribution in [3.63, 3.8) is 0 Å². The van der Waals surface area contributed by atoms with E-state index in [2.05, 4.69) is 39.6 Å². The Morgan fingerprint density at radius 3 is 2.04 bits per heavy atom. The number of carbonyl (C=O) groups is 2. The number of hydrogen-bond acceptors (Lipinski definition) is 4. The molecule has 0 radical (unpaired) electrons. The van der Waals surface area contributed by atoms with E-state index < -0.39 is 5.97 Å². The fourth-order valence-corrected chi connectivity index (χ4v) is 4.60. The Bertz CT molecular complexity index is 455. The summed E-state index contributed by atoms with van der Waals surface area (Å²) < 4.78 is 5.13. The first-order chi connectivity index (χ1) is 12.0. The minimum absolute atomic E-state index is 0.0359. The van der Waals surface area contributed by atoms with Crippen LogP contribution in [0.3, 0.4) is 0 Å². The van der Waals surface area contributed by atoms with Gasteiger partial charge in [-0.3, -0.25) is 14.5 Å². The zero-order valence-electron chi connectivity index (χ0n) is 17.6. The molecule has 1 aliphatic heterocycles. The van der Waals surface area contributed by atoms with Crippen LogP contribution in [0.5, 0.6) is 0 Å². The maximum Gasteiger partial charge on any atom is 0.308 e. The van der Waals surface area contributed by atoms with E-state index in [1.54, 1.807) is 0 Å². The summed E-state index contributed by atoms with van der Waals surface area (Å²) in [6.45, 7) is 9.05. The highest BCUT2D eigenvalue weighted by Crippen LogP contribution is 2.44. The predicted octanol–water partition coefficient (Wildman–Crippen LogP) is 4.49. The van der Waals surface area contributed by atoms with E-state index in [4.69, 9.17) is 9.84 Å². The first kappa shape index (κ1) is 22.9. The van der Waals surface area contributed by atoms with E-state index in [0.29, 0.717) is 5.92 Å². The fraction of sp³-hybridized carbons (Fsp3) is 0.905. The van der Waals surface area contributed by atoms with Crippen LogP contribution in [0.1, 0.15) is 85.5 Å². The molecule has 1 N–H and O–H groups in total. The summed E-state index contributed by atoms with van der Waals surface area (Å²) in [7, 11) is 3.67. The second kappa shape index (κ2) is 9.72. The molecule has 0 bridgehead atoms. The molecule has 5 heteroatoms. The Morgan fingerprint density at radius 2 is 1.54 bits per heavy atom. The Balaban J connectivity index is 2.59. The van der Waals surface area contributed by atoms with E-state index in [-0.39, 0.29) is 29.4 Å². The predicted molar refractivity (Wildman–Crippen MR) is 104 cm³/mol. The molecule has 0 saturated carbocycles. The Hall–Kier alpha value is -1.10. The van der Waals surface area contributed by atoms with E-state index >= 15 is 0 Å². The van der Waals surface area contributed by atoms with Crippen molar-refractivity contribution >= 4 is 11.9 Å². The molecule has 0 spiro atoms. The van der Waals surface area contributed by atoms with Gasteiger partial charge in [0.25, 0.3) is 0 Å². The number of nitrogens with zero attached hydrogens (tertiary/aromatic N) is 1. The first-order valence-electron chi connectivity index (χ1n) is 10.0. The molecular formula is C21H39NO4. The third-order valence-corrected chi connectivity index (χ3v) is 6.32. The van der Waals surface area contributed by atoms with Gasteiger partial charge in [0.1, 0.15) is 0 Å². The zero-order valence-corrected chi connectivity index (χ0v) is 17.6. The summed E-state index contributed by atoms with van der Waals surface area (Å²) in [4.78, 5) is 25.4. The first-order valence-corrected chi connectivity index (χ1v) is 10.0. The molecule has 0 aliphatic carbocycles. The Kier molecular flexibility index (Phi) is 8.58. The van der Waals surface area contributed by atoms with Crippen molar-refractivity contribution in [3.05, 3.63) is 0 Å². The number of carbonyl (C=O) groups excluding carboxylic acids is 1. The van der Waals surface area contributed by atoms with Gasteiger partial charge in [-0.2, -0.15) is 0 Å². The number of ether oxygens (including phenoxy) is 1. The van der Waals surface area contributed by atoms with Crippen LogP contribution in [0.25, 0.3) is 0 Å². The van der Waals surface area contributed by atoms with E-state index in [9.17, 15) is 9.59 Å². The molecule has 0 amide bonds. The lowest BCUT2D eigenvalue weighted by molar-refractivity contribution is -0.151. The van der Waals surface area contributed by atoms with E-state index in [0.717, 1.165) is 51.4 Å². The lowest BCUT2D eigenvalue weighted by atomic mass is 9.68. The number of esters is 1. The monoisotopic (exact) mass is 369 g/mol. The number of piperidine rings is 1. The number of aliphatic carboxylic acids is 1. The molecule has 1 rings (SSSR count). The summed E-state index contributed by atoms with van der Waals surface area (Å²) >= 11 is 0. The lowest BCUT2D eigenvalue weighted by Crippen LogP contribution is -2.59. The third-order valence-electron chi connectivity index (χ3n) is 6.32. The van der Waals surface area contributed by atoms with Gasteiger partial charge >= 0.3 is 11.9 Å². The number of carboxylic acid groups (broad SMARTS) is 1. The molecule has 0 aromatic heterocycles. The molecule has 26 heavy (non-hydrogen) atoms. The van der Waals surface area contributed by atoms with Crippen LogP contribution in [0.2, 0.25) is 0 Å². The summed E-state index contributed by atoms with van der Waals surface area (Å²) in [6.07, 6.45) is 7.90. The van der Waals surface area contributed by atoms with Crippen molar-refractivity contribution in [3.8, 4) is 0 Å². The van der Waals surface area contributed by atoms with Crippen LogP contribution < -0.4 is 0 Å². The molecule has 1 fully saturated rings. The standard InChI is InChI=1S/C21H39NO4/c1-20(2)14-16(15-21(3,4)22(20)5)17(19(25)26-6)12-10-8-7-9-11-13-18(23)24/h16-17H,7-15H2,1-6H3,(H,23,24). The largest absolute Gasteiger partial charge is 0.481 e. The van der Waals surface area contributed by atoms with Gasteiger partial charge < -0.3 is 9.84 Å². The SMILES string of the molecule is COC(=O)C(CCCCCCCC(=O)O)C1CC(C)(C)N(C)C(C)(C)C1. The van der Waals surface area contributed by atoms with Crippen LogP contribution in [0.4, 0.5) is 0 Å². The molecule has 0 aromatic carbocycles. The van der Waals surface area contributed by atoms with Gasteiger partial charge in [-0.1, -0.05) is 25.7 Å². The minimum atomic E-state index is -0.719. The summed E-state index contributed by atoms with van der Waals surface area (Å²) in [6, 6.07) is 0. The van der Waals surface area contributed by atoms with Gasteiger partial charge in [0.05, 0.1) is 13.0 Å². The van der Waals surface area contributed by atoms with Gasteiger partial charge in [0, 0.05) is 17.5 Å². The maximum absolute atomic E-state index is 12.5. The molecule has 1 aliphatic rings. The Labute approximate surface area is 159 Å². The second-order valence-corrected chi connectivity index (χ2v) is 9.18. The van der Waals surface area contributed by atoms with Crippen molar-refractivity contribution < 1.29 is 19.4 Å². The number of methoxy groups -OCH3 is 1. The van der Waals surface area contributed by atoms with Crippen molar-refractivity contribution in [2.24, 2.45) is 11.8 Å². The van der Waals surface area contributed by atoms with Gasteiger partial charge in [-0.05, 0) is 66.3 Å². The van der Waals surface area contributed by atoms with Crippen LogP contribution in [-0.4, -0.2) is 47.2 Å². The molecule has 1 atom stereocenters. The number of hydrogen-bond donors (Lipinski definition) is 1. The van der Waals surface area contributed by atoms with Crippen molar-refractivity contribution in [1.82, 2.24) is 4.90 Å². The normalized spacial score (nSPS) is 21.3. The van der Waals surface area contributed by atoms with Gasteiger partial charge in [0.2, 0.25) is 0 Å². The summed E-state index contributed by atoms with van der Waals surface area (Å²) in [5, 5.41) is 8.67. The molecule has 5 nitrogen and oxygen atoms in total. The van der Waals surface area contributed by atoms with Crippen LogP contribution >= 0.6 is 0 Å². The second-order valence-electron chi connectivity index (χ2n) is 9.18. The van der Waals surface area contributed by atoms with Crippen molar-refractivity contribution in [2.45, 2.75) is 96.6 Å². The molecule has 1 unspecified atom stereocenters. The van der Waals surface area contributed by atoms with Crippen molar-refractivity contribution in [1.29, 1.82) is 0 Å². The number of rotatable bonds is 10. The molecule has 1 heterocycles. The highest BCUT2D eigenvalue weighted by atomic mass is 16.5. The molecule has 152 valence electrons. The van der Waals surface area contributed by atoms with Gasteiger partial charge in [-0.25, -0.2) is 0 Å². The number of likely N-dealkylation sites (tertiary alicyclic amines) is 1. The van der Waals surface area contributed by atoms with Gasteiger partial charge in [-0.15, -0.1) is 0 Å². The number of carboxylic acids is 1. The highest BCUT2D eigenvalue weighted by molar-refractivity contribution is 5.72. The quantitative estimate of drug-likeness (QED) is 0.454. The molecule has 0 aromatic rings. The number of unbranched alkanes of at least 4 members (excludes halogenated alkanes) is 4. The third kappa shape index (κ3) is 6.57. The summed E-state index contributed by atoms with van der Waals surface area (Å²) in [5.74, 6) is -0.484. The van der Waals surface area contributed by atoms with Crippen molar-refractivity contribution in [2.75, 3.05) is 14.2 Å². The van der Waals surface area contributed by atoms with Gasteiger partial charge in [0.15, 0.2) is 0 Å². The topological polar surface area (TPSA) is 66.8 Å². The molecule has 1 saturated heterocycles. The van der Waals surface area contributed by atoms with E-state index in [1.165, 1.54) is 7.11 Å². The highest BCUT2D eigenvalue weighted by Gasteiger charge is 2.46. The molecular weight excluding hydrogens is 330 g/mol. The fourth-order valence-electron chi connectivity index (χ4n) is 4.60. The van der Waals surface area contributed by atoms with E-state index in [1.807, 2.05) is 0 Å². The van der Waals surface area contributed by atoms with Crippen LogP contribution in [0, 0.1) is 11.8 Å². The maximum atomic E-state index is 12.5.